The van der Waals surface area contributed by atoms with Gasteiger partial charge in [-0.3, -0.25) is 0 Å². The lowest BCUT2D eigenvalue weighted by Gasteiger charge is -2.22. The van der Waals surface area contributed by atoms with Crippen molar-refractivity contribution in [1.29, 1.82) is 0 Å². The molecule has 0 aromatic rings. The summed E-state index contributed by atoms with van der Waals surface area (Å²) < 4.78 is 5.48. The van der Waals surface area contributed by atoms with Crippen LogP contribution < -0.4 is 0 Å². The number of rotatable bonds is 0. The largest absolute Gasteiger partial charge is 0.371 e. The van der Waals surface area contributed by atoms with Crippen LogP contribution in [0, 0.1) is 0 Å². The van der Waals surface area contributed by atoms with Crippen molar-refractivity contribution in [3.63, 3.8) is 0 Å². The van der Waals surface area contributed by atoms with Crippen LogP contribution in [0.3, 0.4) is 0 Å². The predicted octanol–water partition coefficient (Wildman–Crippen LogP) is 2.13. The van der Waals surface area contributed by atoms with Gasteiger partial charge in [0.05, 0.1) is 12.2 Å². The van der Waals surface area contributed by atoms with E-state index in [2.05, 4.69) is 26.8 Å². The van der Waals surface area contributed by atoms with E-state index in [1.54, 1.807) is 0 Å². The standard InChI is InChI=1S/C8H14O/c1-6-4-7(2)9-8(3)5-6/h4,7-8H,5H2,1-3H3/t7-,8+/m0/s1. The summed E-state index contributed by atoms with van der Waals surface area (Å²) in [5.74, 6) is 0. The van der Waals surface area contributed by atoms with Gasteiger partial charge in [-0.1, -0.05) is 11.6 Å². The van der Waals surface area contributed by atoms with Crippen LogP contribution in [-0.4, -0.2) is 12.2 Å². The molecule has 0 N–H and O–H groups in total. The summed E-state index contributed by atoms with van der Waals surface area (Å²) in [5.41, 5.74) is 1.46. The molecule has 0 aromatic carbocycles. The molecule has 0 fully saturated rings. The molecular formula is C8H14O. The highest BCUT2D eigenvalue weighted by molar-refractivity contribution is 5.05. The smallest absolute Gasteiger partial charge is 0.0733 e. The minimum atomic E-state index is 0.328. The van der Waals surface area contributed by atoms with E-state index in [9.17, 15) is 0 Å². The molecule has 0 aliphatic carbocycles. The fourth-order valence-corrected chi connectivity index (χ4v) is 1.38. The Hall–Kier alpha value is -0.300. The molecule has 1 rings (SSSR count). The summed E-state index contributed by atoms with van der Waals surface area (Å²) in [6.07, 6.45) is 4.03. The van der Waals surface area contributed by atoms with Gasteiger partial charge in [-0.15, -0.1) is 0 Å². The highest BCUT2D eigenvalue weighted by atomic mass is 16.5. The molecule has 0 bridgehead atoms. The first-order chi connectivity index (χ1) is 4.18. The van der Waals surface area contributed by atoms with Crippen LogP contribution >= 0.6 is 0 Å². The molecule has 1 nitrogen and oxygen atoms in total. The van der Waals surface area contributed by atoms with Crippen LogP contribution in [0.2, 0.25) is 0 Å². The maximum Gasteiger partial charge on any atom is 0.0733 e. The zero-order valence-electron chi connectivity index (χ0n) is 6.35. The summed E-state index contributed by atoms with van der Waals surface area (Å²) in [4.78, 5) is 0. The summed E-state index contributed by atoms with van der Waals surface area (Å²) in [6.45, 7) is 6.36. The Morgan fingerprint density at radius 1 is 1.56 bits per heavy atom. The minimum absolute atomic E-state index is 0.328. The maximum atomic E-state index is 5.48. The highest BCUT2D eigenvalue weighted by Gasteiger charge is 2.12. The second kappa shape index (κ2) is 2.53. The fraction of sp³-hybridized carbons (Fsp3) is 0.750. The van der Waals surface area contributed by atoms with Crippen LogP contribution in [0.5, 0.6) is 0 Å². The molecular weight excluding hydrogens is 112 g/mol. The third-order valence-corrected chi connectivity index (χ3v) is 1.58. The third kappa shape index (κ3) is 1.83. The topological polar surface area (TPSA) is 9.23 Å². The average Bonchev–Trinajstić information content (AvgIpc) is 1.59. The molecule has 9 heavy (non-hydrogen) atoms. The molecule has 1 heteroatoms. The second-order valence-electron chi connectivity index (χ2n) is 2.87. The number of ether oxygens (including phenoxy) is 1. The van der Waals surface area contributed by atoms with Gasteiger partial charge in [-0.2, -0.15) is 0 Å². The molecule has 2 atom stereocenters. The number of hydrogen-bond donors (Lipinski definition) is 0. The zero-order chi connectivity index (χ0) is 6.85. The molecule has 0 saturated carbocycles. The fourth-order valence-electron chi connectivity index (χ4n) is 1.38. The van der Waals surface area contributed by atoms with Crippen LogP contribution in [0.25, 0.3) is 0 Å². The van der Waals surface area contributed by atoms with E-state index in [-0.39, 0.29) is 0 Å². The van der Waals surface area contributed by atoms with Crippen molar-refractivity contribution in [2.24, 2.45) is 0 Å². The molecule has 1 aliphatic heterocycles. The van der Waals surface area contributed by atoms with Gasteiger partial charge in [0.15, 0.2) is 0 Å². The SMILES string of the molecule is CC1=C[C@H](C)O[C@H](C)C1. The second-order valence-corrected chi connectivity index (χ2v) is 2.87. The lowest BCUT2D eigenvalue weighted by atomic mass is 10.1. The number of hydrogen-bond acceptors (Lipinski definition) is 1. The van der Waals surface area contributed by atoms with Crippen molar-refractivity contribution < 1.29 is 4.74 Å². The monoisotopic (exact) mass is 126 g/mol. The molecule has 0 unspecified atom stereocenters. The Balaban J connectivity index is 2.56. The molecule has 0 radical (unpaired) electrons. The lowest BCUT2D eigenvalue weighted by molar-refractivity contribution is 0.0244. The summed E-state index contributed by atoms with van der Waals surface area (Å²) in [7, 11) is 0. The molecule has 0 amide bonds. The van der Waals surface area contributed by atoms with Gasteiger partial charge in [0.2, 0.25) is 0 Å². The van der Waals surface area contributed by atoms with E-state index in [4.69, 9.17) is 4.74 Å². The van der Waals surface area contributed by atoms with Crippen molar-refractivity contribution in [2.45, 2.75) is 39.4 Å². The van der Waals surface area contributed by atoms with Gasteiger partial charge in [-0.05, 0) is 27.2 Å². The highest BCUT2D eigenvalue weighted by Crippen LogP contribution is 2.17. The van der Waals surface area contributed by atoms with Crippen molar-refractivity contribution >= 4 is 0 Å². The molecule has 1 heterocycles. The molecule has 1 aliphatic rings. The Labute approximate surface area is 56.7 Å². The van der Waals surface area contributed by atoms with Gasteiger partial charge in [0, 0.05) is 0 Å². The molecule has 0 saturated heterocycles. The Morgan fingerprint density at radius 3 is 2.67 bits per heavy atom. The van der Waals surface area contributed by atoms with E-state index in [1.807, 2.05) is 0 Å². The van der Waals surface area contributed by atoms with Gasteiger partial charge >= 0.3 is 0 Å². The first kappa shape index (κ1) is 6.81. The van der Waals surface area contributed by atoms with Gasteiger partial charge in [0.1, 0.15) is 0 Å². The molecule has 0 aromatic heterocycles. The Kier molecular flexibility index (Phi) is 1.91. The minimum Gasteiger partial charge on any atom is -0.371 e. The average molecular weight is 126 g/mol. The first-order valence-electron chi connectivity index (χ1n) is 3.51. The summed E-state index contributed by atoms with van der Waals surface area (Å²) >= 11 is 0. The van der Waals surface area contributed by atoms with Crippen LogP contribution in [-0.2, 0) is 4.74 Å². The van der Waals surface area contributed by atoms with Crippen molar-refractivity contribution in [1.82, 2.24) is 0 Å². The van der Waals surface area contributed by atoms with E-state index < -0.39 is 0 Å². The van der Waals surface area contributed by atoms with E-state index in [0.717, 1.165) is 6.42 Å². The van der Waals surface area contributed by atoms with Crippen LogP contribution in [0.1, 0.15) is 27.2 Å². The Bertz CT molecular complexity index is 127. The normalized spacial score (nSPS) is 36.1. The zero-order valence-corrected chi connectivity index (χ0v) is 6.35. The van der Waals surface area contributed by atoms with Crippen LogP contribution in [0.15, 0.2) is 11.6 Å². The summed E-state index contributed by atoms with van der Waals surface area (Å²) in [5, 5.41) is 0. The predicted molar refractivity (Wildman–Crippen MR) is 38.4 cm³/mol. The van der Waals surface area contributed by atoms with E-state index in [0.29, 0.717) is 12.2 Å². The van der Waals surface area contributed by atoms with Gasteiger partial charge in [-0.25, -0.2) is 0 Å². The molecule has 0 spiro atoms. The van der Waals surface area contributed by atoms with E-state index in [1.165, 1.54) is 5.57 Å². The molecule has 52 valence electrons. The van der Waals surface area contributed by atoms with Crippen molar-refractivity contribution in [3.05, 3.63) is 11.6 Å². The maximum absolute atomic E-state index is 5.48. The first-order valence-corrected chi connectivity index (χ1v) is 3.51. The van der Waals surface area contributed by atoms with Crippen LogP contribution in [0.4, 0.5) is 0 Å². The van der Waals surface area contributed by atoms with Crippen molar-refractivity contribution in [2.75, 3.05) is 0 Å². The quantitative estimate of drug-likeness (QED) is 0.452. The van der Waals surface area contributed by atoms with Crippen molar-refractivity contribution in [3.8, 4) is 0 Å². The van der Waals surface area contributed by atoms with Gasteiger partial charge < -0.3 is 4.74 Å². The lowest BCUT2D eigenvalue weighted by Crippen LogP contribution is -2.20. The third-order valence-electron chi connectivity index (χ3n) is 1.58. The van der Waals surface area contributed by atoms with Gasteiger partial charge in [0.25, 0.3) is 0 Å². The summed E-state index contributed by atoms with van der Waals surface area (Å²) in [6, 6.07) is 0. The van der Waals surface area contributed by atoms with E-state index >= 15 is 0 Å². The Morgan fingerprint density at radius 2 is 2.22 bits per heavy atom.